The van der Waals surface area contributed by atoms with Crippen molar-refractivity contribution in [2.45, 2.75) is 32.2 Å². The molecule has 7 nitrogen and oxygen atoms in total. The number of likely N-dealkylation sites (tertiary alicyclic amines) is 1. The van der Waals surface area contributed by atoms with Gasteiger partial charge in [-0.05, 0) is 30.7 Å². The molecule has 1 aliphatic heterocycles. The topological polar surface area (TPSA) is 89.2 Å². The van der Waals surface area contributed by atoms with Crippen molar-refractivity contribution in [1.29, 1.82) is 0 Å². The van der Waals surface area contributed by atoms with Crippen LogP contribution in [0.25, 0.3) is 5.76 Å². The van der Waals surface area contributed by atoms with E-state index in [4.69, 9.17) is 13.9 Å². The van der Waals surface area contributed by atoms with E-state index in [2.05, 4.69) is 6.92 Å². The minimum absolute atomic E-state index is 0.0377. The number of ketones is 1. The smallest absolute Gasteiger partial charge is 0.295 e. The zero-order chi connectivity index (χ0) is 21.0. The number of unbranched alkanes of at least 4 members (excludes halogenated alkanes) is 2. The molecule has 0 spiro atoms. The highest BCUT2D eigenvalue weighted by Crippen LogP contribution is 2.43. The molecule has 1 aromatic carbocycles. The monoisotopic (exact) mass is 399 g/mol. The van der Waals surface area contributed by atoms with E-state index < -0.39 is 17.7 Å². The van der Waals surface area contributed by atoms with E-state index >= 15 is 0 Å². The summed E-state index contributed by atoms with van der Waals surface area (Å²) in [5.41, 5.74) is 0.185. The Hall–Kier alpha value is -3.22. The van der Waals surface area contributed by atoms with Gasteiger partial charge >= 0.3 is 0 Å². The maximum atomic E-state index is 12.9. The highest BCUT2D eigenvalue weighted by molar-refractivity contribution is 6.46. The van der Waals surface area contributed by atoms with Gasteiger partial charge in [0.25, 0.3) is 11.7 Å². The lowest BCUT2D eigenvalue weighted by atomic mass is 9.98. The van der Waals surface area contributed by atoms with Crippen molar-refractivity contribution < 1.29 is 28.6 Å². The number of furan rings is 1. The van der Waals surface area contributed by atoms with Crippen LogP contribution in [0.3, 0.4) is 0 Å². The first-order valence-electron chi connectivity index (χ1n) is 9.58. The summed E-state index contributed by atoms with van der Waals surface area (Å²) in [6, 6.07) is 7.58. The maximum Gasteiger partial charge on any atom is 0.295 e. The number of Topliss-reactive ketones (excluding diaryl/α,β-unsaturated/α-hetero) is 1. The Morgan fingerprint density at radius 3 is 2.34 bits per heavy atom. The van der Waals surface area contributed by atoms with Crippen molar-refractivity contribution in [2.75, 3.05) is 20.8 Å². The van der Waals surface area contributed by atoms with Crippen molar-refractivity contribution in [1.82, 2.24) is 4.90 Å². The van der Waals surface area contributed by atoms with Gasteiger partial charge in [-0.25, -0.2) is 0 Å². The Kier molecular flexibility index (Phi) is 6.26. The second kappa shape index (κ2) is 8.86. The summed E-state index contributed by atoms with van der Waals surface area (Å²) < 4.78 is 16.2. The molecule has 29 heavy (non-hydrogen) atoms. The standard InChI is InChI=1S/C22H25NO6/c1-4-5-6-12-23-19(16-11-8-13-29-16)18(21(25)22(23)26)20(24)17-14(27-2)9-7-10-15(17)28-3/h7-11,13,19,24H,4-6,12H2,1-3H3/b20-18+. The molecule has 154 valence electrons. The highest BCUT2D eigenvalue weighted by Gasteiger charge is 2.47. The van der Waals surface area contributed by atoms with Gasteiger partial charge < -0.3 is 23.9 Å². The Balaban J connectivity index is 2.18. The predicted octanol–water partition coefficient (Wildman–Crippen LogP) is 3.91. The van der Waals surface area contributed by atoms with Gasteiger partial charge in [-0.3, -0.25) is 9.59 Å². The van der Waals surface area contributed by atoms with E-state index in [-0.39, 0.29) is 16.9 Å². The molecule has 7 heteroatoms. The molecule has 1 saturated heterocycles. The predicted molar refractivity (Wildman–Crippen MR) is 107 cm³/mol. The number of benzene rings is 1. The van der Waals surface area contributed by atoms with Crippen molar-refractivity contribution >= 4 is 17.4 Å². The Morgan fingerprint density at radius 2 is 1.79 bits per heavy atom. The molecule has 1 amide bonds. The van der Waals surface area contributed by atoms with Gasteiger partial charge in [0.2, 0.25) is 0 Å². The second-order valence-electron chi connectivity index (χ2n) is 6.75. The third-order valence-corrected chi connectivity index (χ3v) is 5.02. The molecule has 1 atom stereocenters. The van der Waals surface area contributed by atoms with Crippen molar-refractivity contribution in [2.24, 2.45) is 0 Å². The van der Waals surface area contributed by atoms with Gasteiger partial charge in [0.05, 0.1) is 26.1 Å². The van der Waals surface area contributed by atoms with Crippen LogP contribution < -0.4 is 9.47 Å². The number of aliphatic hydroxyl groups excluding tert-OH is 1. The van der Waals surface area contributed by atoms with Gasteiger partial charge in [0.1, 0.15) is 34.6 Å². The molecule has 0 saturated carbocycles. The van der Waals surface area contributed by atoms with Crippen LogP contribution >= 0.6 is 0 Å². The summed E-state index contributed by atoms with van der Waals surface area (Å²) >= 11 is 0. The average molecular weight is 399 g/mol. The molecular weight excluding hydrogens is 374 g/mol. The molecule has 0 bridgehead atoms. The lowest BCUT2D eigenvalue weighted by molar-refractivity contribution is -0.140. The van der Waals surface area contributed by atoms with Crippen LogP contribution in [0, 0.1) is 0 Å². The van der Waals surface area contributed by atoms with Crippen LogP contribution in [0.4, 0.5) is 0 Å². The van der Waals surface area contributed by atoms with Crippen molar-refractivity contribution in [3.63, 3.8) is 0 Å². The second-order valence-corrected chi connectivity index (χ2v) is 6.75. The molecule has 0 radical (unpaired) electrons. The van der Waals surface area contributed by atoms with Crippen LogP contribution in [0.5, 0.6) is 11.5 Å². The molecule has 1 fully saturated rings. The number of aliphatic hydroxyl groups is 1. The summed E-state index contributed by atoms with van der Waals surface area (Å²) in [5, 5.41) is 11.2. The quantitative estimate of drug-likeness (QED) is 0.313. The third-order valence-electron chi connectivity index (χ3n) is 5.02. The van der Waals surface area contributed by atoms with Crippen LogP contribution in [-0.4, -0.2) is 42.5 Å². The van der Waals surface area contributed by atoms with Crippen molar-refractivity contribution in [3.8, 4) is 11.5 Å². The Morgan fingerprint density at radius 1 is 1.10 bits per heavy atom. The molecule has 2 aromatic rings. The third kappa shape index (κ3) is 3.72. The van der Waals surface area contributed by atoms with Crippen LogP contribution in [0.15, 0.2) is 46.6 Å². The fourth-order valence-electron chi connectivity index (χ4n) is 3.60. The zero-order valence-electron chi connectivity index (χ0n) is 16.8. The summed E-state index contributed by atoms with van der Waals surface area (Å²) in [5.74, 6) is -0.686. The fourth-order valence-corrected chi connectivity index (χ4v) is 3.60. The zero-order valence-corrected chi connectivity index (χ0v) is 16.8. The molecular formula is C22H25NO6. The molecule has 2 heterocycles. The van der Waals surface area contributed by atoms with Gasteiger partial charge in [-0.2, -0.15) is 0 Å². The lowest BCUT2D eigenvalue weighted by Crippen LogP contribution is -2.30. The van der Waals surface area contributed by atoms with E-state index in [0.29, 0.717) is 23.8 Å². The number of ether oxygens (including phenoxy) is 2. The van der Waals surface area contributed by atoms with Crippen LogP contribution in [0.2, 0.25) is 0 Å². The Labute approximate surface area is 169 Å². The minimum Gasteiger partial charge on any atom is -0.506 e. The maximum absolute atomic E-state index is 12.9. The summed E-state index contributed by atoms with van der Waals surface area (Å²) in [6.45, 7) is 2.45. The molecule has 1 unspecified atom stereocenters. The van der Waals surface area contributed by atoms with Crippen LogP contribution in [0.1, 0.15) is 43.6 Å². The number of carbonyl (C=O) groups is 2. The fraction of sp³-hybridized carbons (Fsp3) is 0.364. The van der Waals surface area contributed by atoms with E-state index in [0.717, 1.165) is 19.3 Å². The summed E-state index contributed by atoms with van der Waals surface area (Å²) in [7, 11) is 2.91. The summed E-state index contributed by atoms with van der Waals surface area (Å²) in [4.78, 5) is 27.2. The lowest BCUT2D eigenvalue weighted by Gasteiger charge is -2.23. The number of carbonyl (C=O) groups excluding carboxylic acids is 2. The summed E-state index contributed by atoms with van der Waals surface area (Å²) in [6.07, 6.45) is 4.13. The van der Waals surface area contributed by atoms with Gasteiger partial charge in [0.15, 0.2) is 0 Å². The number of methoxy groups -OCH3 is 2. The number of rotatable bonds is 8. The number of hydrogen-bond acceptors (Lipinski definition) is 6. The average Bonchev–Trinajstić information content (AvgIpc) is 3.35. The minimum atomic E-state index is -0.809. The Bertz CT molecular complexity index is 893. The SMILES string of the molecule is CCCCCN1C(=O)C(=O)/C(=C(/O)c2c(OC)cccc2OC)C1c1ccco1. The molecule has 0 aliphatic carbocycles. The molecule has 1 aromatic heterocycles. The van der Waals surface area contributed by atoms with E-state index in [1.807, 2.05) is 0 Å². The van der Waals surface area contributed by atoms with Gasteiger partial charge in [-0.15, -0.1) is 0 Å². The molecule has 3 rings (SSSR count). The normalized spacial score (nSPS) is 18.3. The first-order chi connectivity index (χ1) is 14.0. The first kappa shape index (κ1) is 20.5. The van der Waals surface area contributed by atoms with E-state index in [1.165, 1.54) is 25.4 Å². The largest absolute Gasteiger partial charge is 0.506 e. The number of nitrogens with zero attached hydrogens (tertiary/aromatic N) is 1. The highest BCUT2D eigenvalue weighted by atomic mass is 16.5. The van der Waals surface area contributed by atoms with Crippen LogP contribution in [-0.2, 0) is 9.59 Å². The van der Waals surface area contributed by atoms with E-state index in [9.17, 15) is 14.7 Å². The van der Waals surface area contributed by atoms with E-state index in [1.54, 1.807) is 30.3 Å². The molecule has 1 aliphatic rings. The molecule has 1 N–H and O–H groups in total. The first-order valence-corrected chi connectivity index (χ1v) is 9.58. The number of hydrogen-bond donors (Lipinski definition) is 1. The van der Waals surface area contributed by atoms with Crippen molar-refractivity contribution in [3.05, 3.63) is 53.5 Å². The number of amides is 1. The van der Waals surface area contributed by atoms with Gasteiger partial charge in [-0.1, -0.05) is 25.8 Å². The van der Waals surface area contributed by atoms with Gasteiger partial charge in [0, 0.05) is 6.54 Å².